The van der Waals surface area contributed by atoms with Gasteiger partial charge in [-0.1, -0.05) is 23.2 Å². The average Bonchev–Trinajstić information content (AvgIpc) is 2.41. The SMILES string of the molecule is NS(=O)(=O)c1ccc(NC(=O)c2cc(Cl)ccc2Cl)cc1. The predicted molar refractivity (Wildman–Crippen MR) is 82.2 cm³/mol. The van der Waals surface area contributed by atoms with Gasteiger partial charge in [0.25, 0.3) is 5.91 Å². The summed E-state index contributed by atoms with van der Waals surface area (Å²) in [5.41, 5.74) is 0.628. The molecule has 1 amide bonds. The maximum Gasteiger partial charge on any atom is 0.257 e. The molecule has 0 atom stereocenters. The first-order valence-electron chi connectivity index (χ1n) is 5.66. The van der Waals surface area contributed by atoms with Gasteiger partial charge in [0.15, 0.2) is 0 Å². The first kappa shape index (κ1) is 15.8. The number of halogens is 2. The Morgan fingerprint density at radius 3 is 2.24 bits per heavy atom. The molecule has 0 bridgehead atoms. The van der Waals surface area contributed by atoms with Gasteiger partial charge in [-0.3, -0.25) is 4.79 Å². The van der Waals surface area contributed by atoms with E-state index in [1.54, 1.807) is 6.07 Å². The summed E-state index contributed by atoms with van der Waals surface area (Å²) in [7, 11) is -3.76. The number of carbonyl (C=O) groups excluding carboxylic acids is 1. The van der Waals surface area contributed by atoms with Gasteiger partial charge in [-0.25, -0.2) is 13.6 Å². The third-order valence-electron chi connectivity index (χ3n) is 2.61. The molecule has 110 valence electrons. The highest BCUT2D eigenvalue weighted by Gasteiger charge is 2.12. The maximum atomic E-state index is 12.1. The standard InChI is InChI=1S/C13H10Cl2N2O3S/c14-8-1-6-12(15)11(7-8)13(18)17-9-2-4-10(5-3-9)21(16,19)20/h1-7H,(H,17,18)(H2,16,19,20). The van der Waals surface area contributed by atoms with Crippen molar-refractivity contribution >= 4 is 44.8 Å². The number of sulfonamides is 1. The van der Waals surface area contributed by atoms with Gasteiger partial charge in [-0.15, -0.1) is 0 Å². The summed E-state index contributed by atoms with van der Waals surface area (Å²) in [5, 5.41) is 8.22. The Morgan fingerprint density at radius 2 is 1.67 bits per heavy atom. The van der Waals surface area contributed by atoms with Crippen molar-refractivity contribution in [2.45, 2.75) is 4.90 Å². The molecule has 8 heteroatoms. The van der Waals surface area contributed by atoms with Gasteiger partial charge in [0.05, 0.1) is 15.5 Å². The van der Waals surface area contributed by atoms with Gasteiger partial charge in [-0.05, 0) is 42.5 Å². The van der Waals surface area contributed by atoms with Crippen molar-refractivity contribution in [2.24, 2.45) is 5.14 Å². The largest absolute Gasteiger partial charge is 0.322 e. The highest BCUT2D eigenvalue weighted by molar-refractivity contribution is 7.89. The molecule has 2 aromatic carbocycles. The Bertz CT molecular complexity index is 790. The Labute approximate surface area is 131 Å². The molecule has 0 fully saturated rings. The van der Waals surface area contributed by atoms with Crippen LogP contribution >= 0.6 is 23.2 Å². The molecule has 0 aromatic heterocycles. The number of nitrogens with two attached hydrogens (primary N) is 1. The highest BCUT2D eigenvalue weighted by Crippen LogP contribution is 2.22. The fraction of sp³-hybridized carbons (Fsp3) is 0. The Balaban J connectivity index is 2.22. The van der Waals surface area contributed by atoms with Crippen molar-refractivity contribution < 1.29 is 13.2 Å². The minimum atomic E-state index is -3.76. The Kier molecular flexibility index (Phi) is 4.53. The van der Waals surface area contributed by atoms with E-state index in [-0.39, 0.29) is 15.5 Å². The maximum absolute atomic E-state index is 12.1. The lowest BCUT2D eigenvalue weighted by Crippen LogP contribution is -2.14. The van der Waals surface area contributed by atoms with Crippen LogP contribution in [0.25, 0.3) is 0 Å². The second-order valence-corrected chi connectivity index (χ2v) is 6.55. The molecule has 0 spiro atoms. The van der Waals surface area contributed by atoms with E-state index in [2.05, 4.69) is 5.32 Å². The minimum absolute atomic E-state index is 0.0405. The lowest BCUT2D eigenvalue weighted by atomic mass is 10.2. The Morgan fingerprint density at radius 1 is 1.05 bits per heavy atom. The van der Waals surface area contributed by atoms with E-state index in [1.807, 2.05) is 0 Å². The van der Waals surface area contributed by atoms with Crippen molar-refractivity contribution in [3.8, 4) is 0 Å². The summed E-state index contributed by atoms with van der Waals surface area (Å²) < 4.78 is 22.3. The molecular formula is C13H10Cl2N2O3S. The smallest absolute Gasteiger partial charge is 0.257 e. The molecular weight excluding hydrogens is 335 g/mol. The van der Waals surface area contributed by atoms with Crippen molar-refractivity contribution in [3.05, 3.63) is 58.1 Å². The first-order valence-corrected chi connectivity index (χ1v) is 7.97. The number of hydrogen-bond donors (Lipinski definition) is 2. The zero-order valence-electron chi connectivity index (χ0n) is 10.5. The summed E-state index contributed by atoms with van der Waals surface area (Å²) >= 11 is 11.7. The van der Waals surface area contributed by atoms with E-state index in [4.69, 9.17) is 28.3 Å². The topological polar surface area (TPSA) is 89.3 Å². The lowest BCUT2D eigenvalue weighted by Gasteiger charge is -2.07. The molecule has 0 heterocycles. The number of hydrogen-bond acceptors (Lipinski definition) is 3. The summed E-state index contributed by atoms with van der Waals surface area (Å²) in [6.45, 7) is 0. The fourth-order valence-corrected chi connectivity index (χ4v) is 2.49. The molecule has 2 rings (SSSR count). The second kappa shape index (κ2) is 6.03. The van der Waals surface area contributed by atoms with Gasteiger partial charge < -0.3 is 5.32 Å². The van der Waals surface area contributed by atoms with Crippen LogP contribution in [0.15, 0.2) is 47.4 Å². The summed E-state index contributed by atoms with van der Waals surface area (Å²) in [6.07, 6.45) is 0. The molecule has 0 saturated carbocycles. The van der Waals surface area contributed by atoms with Gasteiger partial charge in [0, 0.05) is 10.7 Å². The zero-order valence-corrected chi connectivity index (χ0v) is 12.8. The van der Waals surface area contributed by atoms with Crippen LogP contribution in [0.3, 0.4) is 0 Å². The lowest BCUT2D eigenvalue weighted by molar-refractivity contribution is 0.102. The molecule has 3 N–H and O–H groups in total. The monoisotopic (exact) mass is 344 g/mol. The highest BCUT2D eigenvalue weighted by atomic mass is 35.5. The predicted octanol–water partition coefficient (Wildman–Crippen LogP) is 2.89. The molecule has 0 radical (unpaired) electrons. The number of carbonyl (C=O) groups is 1. The summed E-state index contributed by atoms with van der Waals surface area (Å²) in [4.78, 5) is 12.0. The summed E-state index contributed by atoms with van der Waals surface area (Å²) in [6, 6.07) is 9.98. The number of amides is 1. The van der Waals surface area contributed by atoms with Crippen molar-refractivity contribution in [3.63, 3.8) is 0 Å². The normalized spacial score (nSPS) is 11.2. The van der Waals surface area contributed by atoms with Crippen LogP contribution in [-0.2, 0) is 10.0 Å². The second-order valence-electron chi connectivity index (χ2n) is 4.15. The molecule has 0 aliphatic rings. The quantitative estimate of drug-likeness (QED) is 0.896. The average molecular weight is 345 g/mol. The molecule has 5 nitrogen and oxygen atoms in total. The van der Waals surface area contributed by atoms with Crippen LogP contribution in [0.4, 0.5) is 5.69 Å². The van der Waals surface area contributed by atoms with E-state index in [0.29, 0.717) is 10.7 Å². The van der Waals surface area contributed by atoms with Crippen molar-refractivity contribution in [1.82, 2.24) is 0 Å². The van der Waals surface area contributed by atoms with Crippen LogP contribution < -0.4 is 10.5 Å². The van der Waals surface area contributed by atoms with Crippen LogP contribution in [-0.4, -0.2) is 14.3 Å². The van der Waals surface area contributed by atoms with Gasteiger partial charge in [0.1, 0.15) is 0 Å². The third kappa shape index (κ3) is 3.95. The minimum Gasteiger partial charge on any atom is -0.322 e. The Hall–Kier alpha value is -1.60. The van der Waals surface area contributed by atoms with Gasteiger partial charge in [-0.2, -0.15) is 0 Å². The molecule has 0 aliphatic carbocycles. The summed E-state index contributed by atoms with van der Waals surface area (Å²) in [5.74, 6) is -0.453. The van der Waals surface area contributed by atoms with E-state index >= 15 is 0 Å². The van der Waals surface area contributed by atoms with Crippen LogP contribution in [0, 0.1) is 0 Å². The molecule has 0 saturated heterocycles. The molecule has 21 heavy (non-hydrogen) atoms. The number of benzene rings is 2. The van der Waals surface area contributed by atoms with Gasteiger partial charge in [0.2, 0.25) is 10.0 Å². The van der Waals surface area contributed by atoms with Gasteiger partial charge >= 0.3 is 0 Å². The molecule has 0 aliphatic heterocycles. The van der Waals surface area contributed by atoms with E-state index in [1.165, 1.54) is 36.4 Å². The number of rotatable bonds is 3. The fourth-order valence-electron chi connectivity index (χ4n) is 1.60. The number of nitrogens with one attached hydrogen (secondary N) is 1. The van der Waals surface area contributed by atoms with Crippen LogP contribution in [0.2, 0.25) is 10.0 Å². The third-order valence-corrected chi connectivity index (χ3v) is 4.11. The van der Waals surface area contributed by atoms with Crippen LogP contribution in [0.5, 0.6) is 0 Å². The number of anilines is 1. The first-order chi connectivity index (χ1) is 9.77. The van der Waals surface area contributed by atoms with Crippen LogP contribution in [0.1, 0.15) is 10.4 Å². The van der Waals surface area contributed by atoms with E-state index in [9.17, 15) is 13.2 Å². The number of primary sulfonamides is 1. The molecule has 2 aromatic rings. The van der Waals surface area contributed by atoms with E-state index in [0.717, 1.165) is 0 Å². The van der Waals surface area contributed by atoms with Crippen molar-refractivity contribution in [1.29, 1.82) is 0 Å². The molecule has 0 unspecified atom stereocenters. The van der Waals surface area contributed by atoms with E-state index < -0.39 is 15.9 Å². The zero-order chi connectivity index (χ0) is 15.6. The van der Waals surface area contributed by atoms with Crippen molar-refractivity contribution in [2.75, 3.05) is 5.32 Å².